The number of carbonyl (C=O) groups excluding carboxylic acids is 4. The van der Waals surface area contributed by atoms with Gasteiger partial charge in [-0.05, 0) is 42.0 Å². The van der Waals surface area contributed by atoms with Gasteiger partial charge in [0.2, 0.25) is 0 Å². The van der Waals surface area contributed by atoms with Crippen LogP contribution in [0, 0.1) is 0 Å². The van der Waals surface area contributed by atoms with Crippen LogP contribution in [-0.2, 0) is 32.3 Å². The maximum atomic E-state index is 11.9. The average Bonchev–Trinajstić information content (AvgIpc) is 3.29. The minimum absolute atomic E-state index is 0.0291. The second-order valence-electron chi connectivity index (χ2n) is 6.54. The molecule has 0 saturated carbocycles. The van der Waals surface area contributed by atoms with Gasteiger partial charge in [0.15, 0.2) is 0 Å². The number of hydrogen-bond donors (Lipinski definition) is 4. The number of furan rings is 1. The number of carbonyl (C=O) groups is 4. The van der Waals surface area contributed by atoms with Gasteiger partial charge in [0.05, 0.1) is 12.8 Å². The van der Waals surface area contributed by atoms with Crippen LogP contribution in [0.2, 0.25) is 0 Å². The standard InChI is InChI=1S/C22H20N6O5/c29-19(21(31)27-16-4-2-1-3-5-16)25-13-17-6-7-18(33-17)14-26-28-22(32)20(30)24-12-15-8-10-23-11-9-15/h1-11,14H,12-13H2,(H,24,30)(H,25,29)(H,27,31)(H,28,32)/b26-14+. The van der Waals surface area contributed by atoms with Crippen molar-refractivity contribution in [3.05, 3.63) is 84.1 Å². The molecule has 0 unspecified atom stereocenters. The van der Waals surface area contributed by atoms with Crippen LogP contribution in [0.15, 0.2) is 76.5 Å². The largest absolute Gasteiger partial charge is 0.458 e. The van der Waals surface area contributed by atoms with E-state index in [4.69, 9.17) is 4.42 Å². The van der Waals surface area contributed by atoms with E-state index in [9.17, 15) is 19.2 Å². The normalized spacial score (nSPS) is 10.4. The second kappa shape index (κ2) is 11.6. The van der Waals surface area contributed by atoms with Crippen LogP contribution in [0.3, 0.4) is 0 Å². The number of rotatable bonds is 7. The van der Waals surface area contributed by atoms with Crippen molar-refractivity contribution >= 4 is 35.5 Å². The van der Waals surface area contributed by atoms with Crippen molar-refractivity contribution in [1.82, 2.24) is 21.0 Å². The summed E-state index contributed by atoms with van der Waals surface area (Å²) in [6.07, 6.45) is 4.35. The summed E-state index contributed by atoms with van der Waals surface area (Å²) in [6, 6.07) is 15.1. The molecule has 0 aliphatic carbocycles. The van der Waals surface area contributed by atoms with Crippen LogP contribution in [-0.4, -0.2) is 34.8 Å². The first-order chi connectivity index (χ1) is 16.0. The fraction of sp³-hybridized carbons (Fsp3) is 0.0909. The second-order valence-corrected chi connectivity index (χ2v) is 6.54. The molecule has 0 saturated heterocycles. The van der Waals surface area contributed by atoms with E-state index in [1.807, 2.05) is 0 Å². The first-order valence-electron chi connectivity index (χ1n) is 9.74. The van der Waals surface area contributed by atoms with E-state index >= 15 is 0 Å². The van der Waals surface area contributed by atoms with Crippen LogP contribution >= 0.6 is 0 Å². The lowest BCUT2D eigenvalue weighted by molar-refractivity contribution is -0.139. The Balaban J connectivity index is 1.39. The summed E-state index contributed by atoms with van der Waals surface area (Å²) in [6.45, 7) is 0.147. The van der Waals surface area contributed by atoms with Gasteiger partial charge in [0, 0.05) is 24.6 Å². The molecule has 0 aliphatic heterocycles. The highest BCUT2D eigenvalue weighted by Gasteiger charge is 2.14. The van der Waals surface area contributed by atoms with Crippen molar-refractivity contribution in [3.63, 3.8) is 0 Å². The van der Waals surface area contributed by atoms with Gasteiger partial charge >= 0.3 is 23.6 Å². The smallest absolute Gasteiger partial charge is 0.329 e. The molecule has 33 heavy (non-hydrogen) atoms. The van der Waals surface area contributed by atoms with Crippen LogP contribution < -0.4 is 21.4 Å². The number of hydrogen-bond acceptors (Lipinski definition) is 7. The molecule has 11 heteroatoms. The van der Waals surface area contributed by atoms with Gasteiger partial charge in [-0.25, -0.2) is 5.43 Å². The molecule has 0 spiro atoms. The third-order valence-electron chi connectivity index (χ3n) is 4.11. The van der Waals surface area contributed by atoms with Gasteiger partial charge in [-0.2, -0.15) is 5.10 Å². The lowest BCUT2D eigenvalue weighted by Gasteiger charge is -2.05. The molecule has 0 radical (unpaired) electrons. The summed E-state index contributed by atoms with van der Waals surface area (Å²) in [5.41, 5.74) is 3.38. The molecule has 3 aromatic rings. The van der Waals surface area contributed by atoms with Gasteiger partial charge in [0.25, 0.3) is 0 Å². The van der Waals surface area contributed by atoms with Crippen molar-refractivity contribution in [2.75, 3.05) is 5.32 Å². The van der Waals surface area contributed by atoms with Gasteiger partial charge in [-0.3, -0.25) is 24.2 Å². The molecule has 0 fully saturated rings. The molecular weight excluding hydrogens is 428 g/mol. The van der Waals surface area contributed by atoms with Crippen LogP contribution in [0.1, 0.15) is 17.1 Å². The summed E-state index contributed by atoms with van der Waals surface area (Å²) >= 11 is 0. The van der Waals surface area contributed by atoms with E-state index in [2.05, 4.69) is 31.5 Å². The molecule has 0 atom stereocenters. The number of amides is 4. The Morgan fingerprint density at radius 2 is 1.52 bits per heavy atom. The van der Waals surface area contributed by atoms with E-state index in [1.165, 1.54) is 6.21 Å². The van der Waals surface area contributed by atoms with Crippen LogP contribution in [0.4, 0.5) is 5.69 Å². The minimum Gasteiger partial charge on any atom is -0.458 e. The molecule has 2 aromatic heterocycles. The molecule has 168 valence electrons. The fourth-order valence-electron chi connectivity index (χ4n) is 2.48. The number of pyridine rings is 1. The molecule has 0 bridgehead atoms. The number of nitrogens with one attached hydrogen (secondary N) is 4. The predicted octanol–water partition coefficient (Wildman–Crippen LogP) is 0.696. The van der Waals surface area contributed by atoms with Gasteiger partial charge in [-0.15, -0.1) is 0 Å². The summed E-state index contributed by atoms with van der Waals surface area (Å²) in [5.74, 6) is -2.79. The zero-order chi connectivity index (χ0) is 23.5. The lowest BCUT2D eigenvalue weighted by atomic mass is 10.3. The SMILES string of the molecule is O=C(NCc1ccncc1)C(=O)N/N=C/c1ccc(CNC(=O)C(=O)Nc2ccccc2)o1. The molecule has 0 aliphatic rings. The van der Waals surface area contributed by atoms with Gasteiger partial charge in [0.1, 0.15) is 11.5 Å². The fourth-order valence-corrected chi connectivity index (χ4v) is 2.48. The van der Waals surface area contributed by atoms with E-state index in [0.717, 1.165) is 5.56 Å². The lowest BCUT2D eigenvalue weighted by Crippen LogP contribution is -2.37. The van der Waals surface area contributed by atoms with E-state index in [-0.39, 0.29) is 18.8 Å². The minimum atomic E-state index is -0.941. The monoisotopic (exact) mass is 448 g/mol. The van der Waals surface area contributed by atoms with Gasteiger partial charge in [-0.1, -0.05) is 18.2 Å². The predicted molar refractivity (Wildman–Crippen MR) is 117 cm³/mol. The summed E-state index contributed by atoms with van der Waals surface area (Å²) < 4.78 is 5.43. The molecule has 11 nitrogen and oxygen atoms in total. The maximum Gasteiger partial charge on any atom is 0.329 e. The van der Waals surface area contributed by atoms with Crippen LogP contribution in [0.5, 0.6) is 0 Å². The molecule has 3 rings (SSSR count). The molecular formula is C22H20N6O5. The quantitative estimate of drug-likeness (QED) is 0.237. The number of nitrogens with zero attached hydrogens (tertiary/aromatic N) is 2. The molecule has 4 N–H and O–H groups in total. The maximum absolute atomic E-state index is 11.9. The van der Waals surface area contributed by atoms with Crippen molar-refractivity contribution in [2.45, 2.75) is 13.1 Å². The zero-order valence-electron chi connectivity index (χ0n) is 17.3. The molecule has 4 amide bonds. The zero-order valence-corrected chi connectivity index (χ0v) is 17.3. The van der Waals surface area contributed by atoms with E-state index < -0.39 is 23.6 Å². The number of para-hydroxylation sites is 1. The first-order valence-corrected chi connectivity index (χ1v) is 9.74. The first kappa shape index (κ1) is 22.9. The summed E-state index contributed by atoms with van der Waals surface area (Å²) in [7, 11) is 0. The van der Waals surface area contributed by atoms with Crippen molar-refractivity contribution in [1.29, 1.82) is 0 Å². The summed E-state index contributed by atoms with van der Waals surface area (Å²) in [5, 5.41) is 11.0. The molecule has 2 heterocycles. The Hall–Kier alpha value is -4.80. The van der Waals surface area contributed by atoms with Gasteiger partial charge < -0.3 is 20.4 Å². The van der Waals surface area contributed by atoms with E-state index in [1.54, 1.807) is 67.0 Å². The third kappa shape index (κ3) is 7.43. The Morgan fingerprint density at radius 1 is 0.818 bits per heavy atom. The van der Waals surface area contributed by atoms with E-state index in [0.29, 0.717) is 11.4 Å². The Morgan fingerprint density at radius 3 is 2.27 bits per heavy atom. The molecule has 1 aromatic carbocycles. The number of hydrazone groups is 1. The van der Waals surface area contributed by atoms with Crippen LogP contribution in [0.25, 0.3) is 0 Å². The van der Waals surface area contributed by atoms with Crippen molar-refractivity contribution < 1.29 is 23.6 Å². The highest BCUT2D eigenvalue weighted by Crippen LogP contribution is 2.06. The number of benzene rings is 1. The Kier molecular flexibility index (Phi) is 8.01. The number of aromatic nitrogens is 1. The Labute approximate surface area is 188 Å². The average molecular weight is 448 g/mol. The highest BCUT2D eigenvalue weighted by atomic mass is 16.3. The van der Waals surface area contributed by atoms with Crippen molar-refractivity contribution in [2.24, 2.45) is 5.10 Å². The number of anilines is 1. The highest BCUT2D eigenvalue weighted by molar-refractivity contribution is 6.39. The Bertz CT molecular complexity index is 1140. The third-order valence-corrected chi connectivity index (χ3v) is 4.11. The van der Waals surface area contributed by atoms with Crippen molar-refractivity contribution in [3.8, 4) is 0 Å². The topological polar surface area (TPSA) is 155 Å². The summed E-state index contributed by atoms with van der Waals surface area (Å²) in [4.78, 5) is 51.2.